The third-order valence-corrected chi connectivity index (χ3v) is 3.79. The molecule has 2 rings (SSSR count). The highest BCUT2D eigenvalue weighted by Gasteiger charge is 2.29. The van der Waals surface area contributed by atoms with Gasteiger partial charge in [-0.2, -0.15) is 13.2 Å². The summed E-state index contributed by atoms with van der Waals surface area (Å²) >= 11 is -0.290. The maximum Gasteiger partial charge on any atom is 0.446 e. The standard InChI is InChI=1S/C16H12F3NO4S/c1-24-10-4-7-12(15(22)23)13(8-10)20-14(21)9-2-5-11(6-3-9)25-16(17,18)19/h2-8H,1H3,(H,20,21)(H,22,23). The van der Waals surface area contributed by atoms with Gasteiger partial charge in [0.05, 0.1) is 18.4 Å². The number of methoxy groups -OCH3 is 1. The molecule has 0 aromatic heterocycles. The third kappa shape index (κ3) is 5.15. The lowest BCUT2D eigenvalue weighted by Crippen LogP contribution is -2.15. The number of carbonyl (C=O) groups is 2. The van der Waals surface area contributed by atoms with Crippen molar-refractivity contribution in [1.29, 1.82) is 0 Å². The van der Waals surface area contributed by atoms with Crippen molar-refractivity contribution in [3.05, 3.63) is 53.6 Å². The Morgan fingerprint density at radius 1 is 1.12 bits per heavy atom. The Balaban J connectivity index is 2.21. The summed E-state index contributed by atoms with van der Waals surface area (Å²) in [7, 11) is 1.39. The van der Waals surface area contributed by atoms with Crippen molar-refractivity contribution in [3.63, 3.8) is 0 Å². The van der Waals surface area contributed by atoms with Crippen LogP contribution in [-0.2, 0) is 0 Å². The van der Waals surface area contributed by atoms with Crippen LogP contribution in [-0.4, -0.2) is 29.6 Å². The molecule has 0 aliphatic rings. The molecule has 0 radical (unpaired) electrons. The molecule has 0 saturated carbocycles. The molecule has 0 heterocycles. The molecule has 0 unspecified atom stereocenters. The molecule has 0 aliphatic heterocycles. The van der Waals surface area contributed by atoms with Crippen molar-refractivity contribution < 1.29 is 32.6 Å². The smallest absolute Gasteiger partial charge is 0.446 e. The largest absolute Gasteiger partial charge is 0.497 e. The van der Waals surface area contributed by atoms with Crippen LogP contribution in [0.15, 0.2) is 47.4 Å². The number of rotatable bonds is 5. The Kier molecular flexibility index (Phi) is 5.58. The summed E-state index contributed by atoms with van der Waals surface area (Å²) in [6.07, 6.45) is 0. The lowest BCUT2D eigenvalue weighted by molar-refractivity contribution is -0.0328. The first kappa shape index (κ1) is 18.7. The lowest BCUT2D eigenvalue weighted by Gasteiger charge is -2.11. The van der Waals surface area contributed by atoms with Crippen LogP contribution in [0.3, 0.4) is 0 Å². The van der Waals surface area contributed by atoms with Gasteiger partial charge in [0.1, 0.15) is 5.75 Å². The van der Waals surface area contributed by atoms with Crippen LogP contribution in [0.25, 0.3) is 0 Å². The number of amides is 1. The van der Waals surface area contributed by atoms with Crippen molar-refractivity contribution in [3.8, 4) is 5.75 Å². The van der Waals surface area contributed by atoms with Crippen molar-refractivity contribution in [2.45, 2.75) is 10.4 Å². The normalized spacial score (nSPS) is 11.0. The number of ether oxygens (including phenoxy) is 1. The minimum absolute atomic E-state index is 0.0191. The second-order valence-corrected chi connectivity index (χ2v) is 5.88. The third-order valence-electron chi connectivity index (χ3n) is 3.06. The molecule has 2 N–H and O–H groups in total. The maximum atomic E-state index is 12.3. The topological polar surface area (TPSA) is 75.6 Å². The SMILES string of the molecule is COc1ccc(C(=O)O)c(NC(=O)c2ccc(SC(F)(F)F)cc2)c1. The summed E-state index contributed by atoms with van der Waals surface area (Å²) < 4.78 is 41.9. The molecule has 5 nitrogen and oxygen atoms in total. The van der Waals surface area contributed by atoms with Crippen molar-refractivity contribution in [1.82, 2.24) is 0 Å². The van der Waals surface area contributed by atoms with Gasteiger partial charge in [-0.1, -0.05) is 0 Å². The summed E-state index contributed by atoms with van der Waals surface area (Å²) in [4.78, 5) is 23.4. The molecule has 0 bridgehead atoms. The highest BCUT2D eigenvalue weighted by atomic mass is 32.2. The predicted octanol–water partition coefficient (Wildman–Crippen LogP) is 4.26. The highest BCUT2D eigenvalue weighted by Crippen LogP contribution is 2.36. The van der Waals surface area contributed by atoms with Gasteiger partial charge in [0.2, 0.25) is 0 Å². The Morgan fingerprint density at radius 2 is 1.76 bits per heavy atom. The Labute approximate surface area is 144 Å². The zero-order chi connectivity index (χ0) is 18.6. The number of carbonyl (C=O) groups excluding carboxylic acids is 1. The molecule has 0 atom stereocenters. The van der Waals surface area contributed by atoms with E-state index in [9.17, 15) is 22.8 Å². The summed E-state index contributed by atoms with van der Waals surface area (Å²) in [6, 6.07) is 8.83. The monoisotopic (exact) mass is 371 g/mol. The molecular formula is C16H12F3NO4S. The van der Waals surface area contributed by atoms with Gasteiger partial charge in [-0.25, -0.2) is 4.79 Å². The van der Waals surface area contributed by atoms with Crippen LogP contribution in [0.1, 0.15) is 20.7 Å². The molecule has 1 amide bonds. The number of aromatic carboxylic acids is 1. The number of thioether (sulfide) groups is 1. The Bertz CT molecular complexity index is 791. The molecular weight excluding hydrogens is 359 g/mol. The maximum absolute atomic E-state index is 12.3. The summed E-state index contributed by atoms with van der Waals surface area (Å²) in [5.74, 6) is -1.55. The van der Waals surface area contributed by atoms with E-state index in [1.807, 2.05) is 0 Å². The molecule has 2 aromatic rings. The van der Waals surface area contributed by atoms with Gasteiger partial charge in [0.15, 0.2) is 0 Å². The average Bonchev–Trinajstić information content (AvgIpc) is 2.53. The zero-order valence-electron chi connectivity index (χ0n) is 12.8. The van der Waals surface area contributed by atoms with Gasteiger partial charge in [-0.05, 0) is 48.2 Å². The predicted molar refractivity (Wildman–Crippen MR) is 86.3 cm³/mol. The quantitative estimate of drug-likeness (QED) is 0.768. The highest BCUT2D eigenvalue weighted by molar-refractivity contribution is 8.00. The fraction of sp³-hybridized carbons (Fsp3) is 0.125. The molecule has 0 aliphatic carbocycles. The van der Waals surface area contributed by atoms with Gasteiger partial charge in [-0.3, -0.25) is 4.79 Å². The number of carboxylic acid groups (broad SMARTS) is 1. The summed E-state index contributed by atoms with van der Waals surface area (Å²) in [6.45, 7) is 0. The van der Waals surface area contributed by atoms with E-state index in [1.54, 1.807) is 0 Å². The zero-order valence-corrected chi connectivity index (χ0v) is 13.6. The van der Waals surface area contributed by atoms with E-state index in [4.69, 9.17) is 9.84 Å². The van der Waals surface area contributed by atoms with E-state index < -0.39 is 17.4 Å². The van der Waals surface area contributed by atoms with E-state index in [2.05, 4.69) is 5.32 Å². The molecule has 0 saturated heterocycles. The Morgan fingerprint density at radius 3 is 2.28 bits per heavy atom. The van der Waals surface area contributed by atoms with E-state index in [1.165, 1.54) is 37.4 Å². The molecule has 0 fully saturated rings. The fourth-order valence-electron chi connectivity index (χ4n) is 1.94. The molecule has 2 aromatic carbocycles. The minimum Gasteiger partial charge on any atom is -0.497 e. The van der Waals surface area contributed by atoms with E-state index >= 15 is 0 Å². The van der Waals surface area contributed by atoms with Gasteiger partial charge >= 0.3 is 11.5 Å². The molecule has 0 spiro atoms. The lowest BCUT2D eigenvalue weighted by atomic mass is 10.1. The second kappa shape index (κ2) is 7.47. The first-order chi connectivity index (χ1) is 11.7. The van der Waals surface area contributed by atoms with E-state index in [0.717, 1.165) is 12.1 Å². The number of hydrogen-bond donors (Lipinski definition) is 2. The van der Waals surface area contributed by atoms with Crippen LogP contribution in [0.5, 0.6) is 5.75 Å². The van der Waals surface area contributed by atoms with Crippen LogP contribution in [0.2, 0.25) is 0 Å². The average molecular weight is 371 g/mol. The van der Waals surface area contributed by atoms with Crippen LogP contribution < -0.4 is 10.1 Å². The van der Waals surface area contributed by atoms with E-state index in [-0.39, 0.29) is 33.5 Å². The second-order valence-electron chi connectivity index (χ2n) is 4.74. The summed E-state index contributed by atoms with van der Waals surface area (Å²) in [5, 5.41) is 11.6. The van der Waals surface area contributed by atoms with Crippen LogP contribution in [0, 0.1) is 0 Å². The van der Waals surface area contributed by atoms with Crippen molar-refractivity contribution in [2.24, 2.45) is 0 Å². The Hall–Kier alpha value is -2.68. The van der Waals surface area contributed by atoms with Crippen LogP contribution >= 0.6 is 11.8 Å². The number of halogens is 3. The number of carboxylic acids is 1. The van der Waals surface area contributed by atoms with E-state index in [0.29, 0.717) is 5.75 Å². The van der Waals surface area contributed by atoms with Crippen molar-refractivity contribution in [2.75, 3.05) is 12.4 Å². The van der Waals surface area contributed by atoms with Crippen molar-refractivity contribution >= 4 is 29.3 Å². The molecule has 25 heavy (non-hydrogen) atoms. The number of nitrogens with one attached hydrogen (secondary N) is 1. The fourth-order valence-corrected chi connectivity index (χ4v) is 2.48. The van der Waals surface area contributed by atoms with Crippen LogP contribution in [0.4, 0.5) is 18.9 Å². The minimum atomic E-state index is -4.42. The number of hydrogen-bond acceptors (Lipinski definition) is 4. The van der Waals surface area contributed by atoms with Gasteiger partial charge in [-0.15, -0.1) is 0 Å². The first-order valence-corrected chi connectivity index (χ1v) is 7.60. The number of benzene rings is 2. The van der Waals surface area contributed by atoms with Gasteiger partial charge < -0.3 is 15.2 Å². The summed E-state index contributed by atoms with van der Waals surface area (Å²) in [5.41, 5.74) is -4.45. The number of alkyl halides is 3. The number of anilines is 1. The molecule has 9 heteroatoms. The van der Waals surface area contributed by atoms with Gasteiger partial charge in [0, 0.05) is 16.5 Å². The first-order valence-electron chi connectivity index (χ1n) is 6.78. The van der Waals surface area contributed by atoms with Gasteiger partial charge in [0.25, 0.3) is 5.91 Å². The molecule has 132 valence electrons.